The highest BCUT2D eigenvalue weighted by Crippen LogP contribution is 2.38. The molecule has 1 aromatic heterocycles. The molecule has 1 unspecified atom stereocenters. The number of halogens is 3. The van der Waals surface area contributed by atoms with Crippen molar-refractivity contribution in [1.29, 1.82) is 0 Å². The number of amides is 1. The molecule has 1 aromatic carbocycles. The molecule has 4 rings (SSSR count). The summed E-state index contributed by atoms with van der Waals surface area (Å²) in [6, 6.07) is 6.57. The van der Waals surface area contributed by atoms with Crippen LogP contribution in [0.3, 0.4) is 0 Å². The highest BCUT2D eigenvalue weighted by Gasteiger charge is 2.50. The van der Waals surface area contributed by atoms with Gasteiger partial charge in [-0.3, -0.25) is 10.1 Å². The molecule has 148 valence electrons. The Morgan fingerprint density at radius 1 is 1.18 bits per heavy atom. The van der Waals surface area contributed by atoms with Gasteiger partial charge in [0.25, 0.3) is 0 Å². The standard InChI is InChI=1S/C20H21F3N4O/c1-12-11-16(13-3-5-14(6-4-13)20(21,22)23)25-17(24-12)15-7-8-19(26-15)9-10-27(2)18(19)28/h3-6,11,15,26H,7-10H2,1-2H3/t15?,19-/m1/s1. The van der Waals surface area contributed by atoms with Crippen LogP contribution in [0.1, 0.15) is 42.4 Å². The fraction of sp³-hybridized carbons (Fsp3) is 0.450. The lowest BCUT2D eigenvalue weighted by Crippen LogP contribution is -2.47. The molecule has 1 N–H and O–H groups in total. The Morgan fingerprint density at radius 3 is 2.50 bits per heavy atom. The average molecular weight is 390 g/mol. The maximum absolute atomic E-state index is 12.8. The van der Waals surface area contributed by atoms with Gasteiger partial charge in [-0.2, -0.15) is 13.2 Å². The zero-order valence-electron chi connectivity index (χ0n) is 15.7. The van der Waals surface area contributed by atoms with Gasteiger partial charge in [0.05, 0.1) is 17.3 Å². The third-order valence-corrected chi connectivity index (χ3v) is 5.63. The first-order valence-corrected chi connectivity index (χ1v) is 9.24. The first-order valence-electron chi connectivity index (χ1n) is 9.24. The van der Waals surface area contributed by atoms with Gasteiger partial charge in [0, 0.05) is 24.8 Å². The maximum atomic E-state index is 12.8. The summed E-state index contributed by atoms with van der Waals surface area (Å²) in [6.45, 7) is 2.56. The third kappa shape index (κ3) is 3.26. The number of hydrogen-bond acceptors (Lipinski definition) is 4. The van der Waals surface area contributed by atoms with Crippen molar-refractivity contribution in [3.8, 4) is 11.3 Å². The van der Waals surface area contributed by atoms with Gasteiger partial charge in [0.2, 0.25) is 5.91 Å². The van der Waals surface area contributed by atoms with Crippen LogP contribution in [0.15, 0.2) is 30.3 Å². The van der Waals surface area contributed by atoms with E-state index in [4.69, 9.17) is 0 Å². The molecule has 2 aliphatic rings. The molecule has 2 atom stereocenters. The quantitative estimate of drug-likeness (QED) is 0.853. The minimum atomic E-state index is -4.37. The molecule has 28 heavy (non-hydrogen) atoms. The number of carbonyl (C=O) groups is 1. The highest BCUT2D eigenvalue weighted by molar-refractivity contribution is 5.88. The van der Waals surface area contributed by atoms with E-state index < -0.39 is 17.3 Å². The molecule has 3 heterocycles. The second-order valence-electron chi connectivity index (χ2n) is 7.62. The van der Waals surface area contributed by atoms with Crippen molar-refractivity contribution in [1.82, 2.24) is 20.2 Å². The summed E-state index contributed by atoms with van der Waals surface area (Å²) < 4.78 is 38.4. The molecule has 2 fully saturated rings. The summed E-state index contributed by atoms with van der Waals surface area (Å²) in [7, 11) is 1.80. The Labute approximate surface area is 161 Å². The van der Waals surface area contributed by atoms with Crippen molar-refractivity contribution >= 4 is 5.91 Å². The van der Waals surface area contributed by atoms with Gasteiger partial charge in [-0.1, -0.05) is 12.1 Å². The summed E-state index contributed by atoms with van der Waals surface area (Å²) in [5.41, 5.74) is 0.683. The predicted molar refractivity (Wildman–Crippen MR) is 97.3 cm³/mol. The van der Waals surface area contributed by atoms with Crippen LogP contribution in [0.4, 0.5) is 13.2 Å². The lowest BCUT2D eigenvalue weighted by molar-refractivity contribution is -0.137. The van der Waals surface area contributed by atoms with Gasteiger partial charge < -0.3 is 4.90 Å². The Bertz CT molecular complexity index is 913. The van der Waals surface area contributed by atoms with E-state index >= 15 is 0 Å². The number of likely N-dealkylation sites (tertiary alicyclic amines) is 1. The minimum Gasteiger partial charge on any atom is -0.344 e. The van der Waals surface area contributed by atoms with E-state index in [2.05, 4.69) is 15.3 Å². The molecule has 1 amide bonds. The number of benzene rings is 1. The second kappa shape index (κ2) is 6.55. The van der Waals surface area contributed by atoms with Crippen molar-refractivity contribution in [2.75, 3.05) is 13.6 Å². The van der Waals surface area contributed by atoms with Crippen LogP contribution in [0.2, 0.25) is 0 Å². The molecular weight excluding hydrogens is 369 g/mol. The molecule has 2 saturated heterocycles. The number of alkyl halides is 3. The van der Waals surface area contributed by atoms with Crippen LogP contribution in [-0.2, 0) is 11.0 Å². The molecule has 0 radical (unpaired) electrons. The van der Waals surface area contributed by atoms with Crippen LogP contribution in [-0.4, -0.2) is 39.9 Å². The molecule has 0 saturated carbocycles. The normalized spacial score (nSPS) is 25.1. The second-order valence-corrected chi connectivity index (χ2v) is 7.62. The van der Waals surface area contributed by atoms with Gasteiger partial charge in [-0.15, -0.1) is 0 Å². The molecule has 5 nitrogen and oxygen atoms in total. The van der Waals surface area contributed by atoms with E-state index in [0.717, 1.165) is 43.6 Å². The van der Waals surface area contributed by atoms with Crippen molar-refractivity contribution < 1.29 is 18.0 Å². The number of nitrogens with zero attached hydrogens (tertiary/aromatic N) is 3. The maximum Gasteiger partial charge on any atom is 0.416 e. The minimum absolute atomic E-state index is 0.102. The summed E-state index contributed by atoms with van der Waals surface area (Å²) in [4.78, 5) is 23.4. The van der Waals surface area contributed by atoms with E-state index in [9.17, 15) is 18.0 Å². The Hall–Kier alpha value is -2.48. The molecular formula is C20H21F3N4O. The largest absolute Gasteiger partial charge is 0.416 e. The van der Waals surface area contributed by atoms with Gasteiger partial charge in [-0.05, 0) is 44.4 Å². The van der Waals surface area contributed by atoms with Crippen LogP contribution in [0.25, 0.3) is 11.3 Å². The Balaban J connectivity index is 1.61. The van der Waals surface area contributed by atoms with Crippen molar-refractivity contribution in [3.63, 3.8) is 0 Å². The summed E-state index contributed by atoms with van der Waals surface area (Å²) in [6.07, 6.45) is -2.13. The topological polar surface area (TPSA) is 58.1 Å². The summed E-state index contributed by atoms with van der Waals surface area (Å²) in [5.74, 6) is 0.680. The smallest absolute Gasteiger partial charge is 0.344 e. The summed E-state index contributed by atoms with van der Waals surface area (Å²) in [5, 5.41) is 3.43. The number of aromatic nitrogens is 2. The first-order chi connectivity index (χ1) is 13.2. The van der Waals surface area contributed by atoms with Crippen LogP contribution >= 0.6 is 0 Å². The molecule has 2 aliphatic heterocycles. The zero-order valence-corrected chi connectivity index (χ0v) is 15.7. The van der Waals surface area contributed by atoms with Crippen molar-refractivity contribution in [3.05, 3.63) is 47.4 Å². The van der Waals surface area contributed by atoms with Crippen LogP contribution in [0, 0.1) is 6.92 Å². The van der Waals surface area contributed by atoms with Crippen LogP contribution in [0.5, 0.6) is 0 Å². The molecule has 0 bridgehead atoms. The number of hydrogen-bond donors (Lipinski definition) is 1. The molecule has 2 aromatic rings. The van der Waals surface area contributed by atoms with Crippen molar-refractivity contribution in [2.45, 2.75) is 43.9 Å². The Morgan fingerprint density at radius 2 is 1.89 bits per heavy atom. The lowest BCUT2D eigenvalue weighted by atomic mass is 9.96. The molecule has 1 spiro atoms. The van der Waals surface area contributed by atoms with E-state index in [1.54, 1.807) is 18.0 Å². The van der Waals surface area contributed by atoms with Gasteiger partial charge >= 0.3 is 6.18 Å². The van der Waals surface area contributed by atoms with Gasteiger partial charge in [0.1, 0.15) is 11.4 Å². The van der Waals surface area contributed by atoms with E-state index in [1.165, 1.54) is 12.1 Å². The number of likely N-dealkylation sites (N-methyl/N-ethyl adjacent to an activating group) is 1. The van der Waals surface area contributed by atoms with E-state index in [1.807, 2.05) is 6.92 Å². The Kier molecular flexibility index (Phi) is 4.41. The average Bonchev–Trinajstić information content (AvgIpc) is 3.21. The SMILES string of the molecule is Cc1cc(-c2ccc(C(F)(F)F)cc2)nc(C2CC[C@]3(CCN(C)C3=O)N2)n1. The number of rotatable bonds is 2. The lowest BCUT2D eigenvalue weighted by Gasteiger charge is -2.23. The highest BCUT2D eigenvalue weighted by atomic mass is 19.4. The number of nitrogens with one attached hydrogen (secondary N) is 1. The fourth-order valence-electron chi connectivity index (χ4n) is 4.09. The third-order valence-electron chi connectivity index (χ3n) is 5.63. The van der Waals surface area contributed by atoms with Crippen molar-refractivity contribution in [2.24, 2.45) is 0 Å². The predicted octanol–water partition coefficient (Wildman–Crippen LogP) is 3.50. The van der Waals surface area contributed by atoms with E-state index in [-0.39, 0.29) is 11.9 Å². The van der Waals surface area contributed by atoms with Gasteiger partial charge in [-0.25, -0.2) is 9.97 Å². The fourth-order valence-corrected chi connectivity index (χ4v) is 4.09. The molecule has 0 aliphatic carbocycles. The molecule has 8 heteroatoms. The number of aryl methyl sites for hydroxylation is 1. The first kappa shape index (κ1) is 18.9. The zero-order chi connectivity index (χ0) is 20.1. The summed E-state index contributed by atoms with van der Waals surface area (Å²) >= 11 is 0. The number of carbonyl (C=O) groups excluding carboxylic acids is 1. The van der Waals surface area contributed by atoms with Gasteiger partial charge in [0.15, 0.2) is 0 Å². The van der Waals surface area contributed by atoms with Crippen LogP contribution < -0.4 is 5.32 Å². The van der Waals surface area contributed by atoms with E-state index in [0.29, 0.717) is 17.1 Å². The monoisotopic (exact) mass is 390 g/mol.